The number of hydrogen-bond donors (Lipinski definition) is 3. The van der Waals surface area contributed by atoms with E-state index >= 15 is 0 Å². The topological polar surface area (TPSA) is 112 Å². The molecule has 1 saturated heterocycles. The van der Waals surface area contributed by atoms with Gasteiger partial charge in [-0.1, -0.05) is 12.8 Å². The summed E-state index contributed by atoms with van der Waals surface area (Å²) in [6.07, 6.45) is 5.89. The minimum Gasteiger partial charge on any atom is -0.353 e. The van der Waals surface area contributed by atoms with Gasteiger partial charge in [0.2, 0.25) is 5.91 Å². The van der Waals surface area contributed by atoms with Gasteiger partial charge in [-0.25, -0.2) is 9.78 Å². The number of piperazine rings is 1. The molecule has 3 aromatic rings. The Labute approximate surface area is 178 Å². The molecular formula is C22H24N6O3. The van der Waals surface area contributed by atoms with Gasteiger partial charge in [0.25, 0.3) is 5.91 Å². The van der Waals surface area contributed by atoms with Crippen LogP contribution in [0.25, 0.3) is 11.0 Å². The van der Waals surface area contributed by atoms with Crippen LogP contribution in [0.15, 0.2) is 41.3 Å². The monoisotopic (exact) mass is 420 g/mol. The lowest BCUT2D eigenvalue weighted by Gasteiger charge is -2.27. The molecule has 9 heteroatoms. The number of amides is 2. The molecule has 0 atom stereocenters. The van der Waals surface area contributed by atoms with Crippen LogP contribution in [-0.4, -0.2) is 46.0 Å². The summed E-state index contributed by atoms with van der Waals surface area (Å²) in [6.45, 7) is 1.56. The summed E-state index contributed by atoms with van der Waals surface area (Å²) in [6, 6.07) is 9.08. The zero-order chi connectivity index (χ0) is 21.4. The number of H-pyrrole nitrogens is 1. The number of nitrogens with one attached hydrogen (secondary N) is 3. The molecule has 1 saturated carbocycles. The van der Waals surface area contributed by atoms with Crippen LogP contribution in [-0.2, 0) is 4.79 Å². The van der Waals surface area contributed by atoms with Gasteiger partial charge in [-0.05, 0) is 43.2 Å². The molecular weight excluding hydrogens is 396 g/mol. The Morgan fingerprint density at radius 1 is 1.13 bits per heavy atom. The van der Waals surface area contributed by atoms with Crippen LogP contribution in [0, 0.1) is 0 Å². The van der Waals surface area contributed by atoms with Gasteiger partial charge in [-0.3, -0.25) is 14.2 Å². The summed E-state index contributed by atoms with van der Waals surface area (Å²) < 4.78 is 1.83. The van der Waals surface area contributed by atoms with Crippen molar-refractivity contribution < 1.29 is 9.59 Å². The number of nitrogens with zero attached hydrogens (tertiary/aromatic N) is 3. The lowest BCUT2D eigenvalue weighted by Crippen LogP contribution is -2.48. The molecule has 3 heterocycles. The Morgan fingerprint density at radius 2 is 1.97 bits per heavy atom. The number of hydrogen-bond acceptors (Lipinski definition) is 5. The van der Waals surface area contributed by atoms with E-state index in [1.54, 1.807) is 30.5 Å². The van der Waals surface area contributed by atoms with E-state index in [1.165, 1.54) is 0 Å². The number of benzene rings is 1. The fraction of sp³-hybridized carbons (Fsp3) is 0.364. The summed E-state index contributed by atoms with van der Waals surface area (Å²) in [5, 5.41) is 5.62. The van der Waals surface area contributed by atoms with Crippen LogP contribution < -0.4 is 21.2 Å². The van der Waals surface area contributed by atoms with Gasteiger partial charge in [0.1, 0.15) is 5.82 Å². The normalized spacial score (nSPS) is 17.2. The molecule has 0 unspecified atom stereocenters. The summed E-state index contributed by atoms with van der Waals surface area (Å²) in [5.74, 6) is 0.393. The van der Waals surface area contributed by atoms with Gasteiger partial charge in [0.05, 0.1) is 29.5 Å². The van der Waals surface area contributed by atoms with Gasteiger partial charge in [0, 0.05) is 24.7 Å². The molecule has 2 aliphatic rings. The zero-order valence-corrected chi connectivity index (χ0v) is 17.1. The molecule has 31 heavy (non-hydrogen) atoms. The second-order valence-corrected chi connectivity index (χ2v) is 8.10. The van der Waals surface area contributed by atoms with Crippen LogP contribution >= 0.6 is 0 Å². The first-order valence-electron chi connectivity index (χ1n) is 10.6. The molecule has 9 nitrogen and oxygen atoms in total. The van der Waals surface area contributed by atoms with Gasteiger partial charge < -0.3 is 20.5 Å². The van der Waals surface area contributed by atoms with E-state index < -0.39 is 0 Å². The fourth-order valence-corrected chi connectivity index (χ4v) is 4.48. The molecule has 0 spiro atoms. The number of aromatic amines is 1. The first-order chi connectivity index (χ1) is 15.1. The largest absolute Gasteiger partial charge is 0.353 e. The Kier molecular flexibility index (Phi) is 4.93. The molecule has 0 bridgehead atoms. The molecule has 2 fully saturated rings. The Morgan fingerprint density at radius 3 is 2.71 bits per heavy atom. The van der Waals surface area contributed by atoms with E-state index in [-0.39, 0.29) is 30.1 Å². The smallest absolute Gasteiger partial charge is 0.326 e. The van der Waals surface area contributed by atoms with Crippen LogP contribution in [0.3, 0.4) is 0 Å². The minimum absolute atomic E-state index is 0.0272. The Hall–Kier alpha value is -3.62. The maximum atomic E-state index is 12.7. The standard InChI is InChI=1S/C22H24N6O3/c29-20-13-27(10-9-23-20)19-8-6-15(12-24-19)25-21(30)14-5-7-18-17(11-14)26-22(31)28(18)16-3-1-2-4-16/h5-8,11-12,16H,1-4,9-10,13H2,(H,23,29)(H,25,30)(H,26,31). The molecule has 1 aromatic carbocycles. The van der Waals surface area contributed by atoms with Gasteiger partial charge in [0.15, 0.2) is 0 Å². The third kappa shape index (κ3) is 3.78. The summed E-state index contributed by atoms with van der Waals surface area (Å²) in [5.41, 5.74) is 2.41. The van der Waals surface area contributed by atoms with Gasteiger partial charge in [-0.2, -0.15) is 0 Å². The molecule has 5 rings (SSSR count). The highest BCUT2D eigenvalue weighted by Gasteiger charge is 2.22. The van der Waals surface area contributed by atoms with Crippen molar-refractivity contribution in [1.29, 1.82) is 0 Å². The molecule has 3 N–H and O–H groups in total. The Bertz CT molecular complexity index is 1190. The number of fused-ring (bicyclic) bond motifs is 1. The SMILES string of the molecule is O=C1CN(c2ccc(NC(=O)c3ccc4c(c3)[nH]c(=O)n4C3CCCC3)cn2)CCN1. The third-order valence-corrected chi connectivity index (χ3v) is 6.04. The van der Waals surface area contributed by atoms with Crippen molar-refractivity contribution >= 4 is 34.4 Å². The second-order valence-electron chi connectivity index (χ2n) is 8.10. The molecule has 1 aliphatic heterocycles. The van der Waals surface area contributed by atoms with E-state index in [1.807, 2.05) is 15.5 Å². The van der Waals surface area contributed by atoms with Crippen molar-refractivity contribution in [2.24, 2.45) is 0 Å². The average molecular weight is 420 g/mol. The van der Waals surface area contributed by atoms with Crippen molar-refractivity contribution in [3.63, 3.8) is 0 Å². The van der Waals surface area contributed by atoms with Crippen molar-refractivity contribution in [2.45, 2.75) is 31.7 Å². The summed E-state index contributed by atoms with van der Waals surface area (Å²) in [4.78, 5) is 45.9. The zero-order valence-electron chi connectivity index (χ0n) is 17.1. The van der Waals surface area contributed by atoms with Crippen molar-refractivity contribution in [3.05, 3.63) is 52.6 Å². The Balaban J connectivity index is 1.32. The lowest BCUT2D eigenvalue weighted by molar-refractivity contribution is -0.120. The predicted octanol–water partition coefficient (Wildman–Crippen LogP) is 2.03. The number of pyridine rings is 1. The quantitative estimate of drug-likeness (QED) is 0.598. The summed E-state index contributed by atoms with van der Waals surface area (Å²) in [7, 11) is 0. The maximum Gasteiger partial charge on any atom is 0.326 e. The number of rotatable bonds is 4. The number of imidazole rings is 1. The highest BCUT2D eigenvalue weighted by molar-refractivity contribution is 6.05. The molecule has 2 aromatic heterocycles. The third-order valence-electron chi connectivity index (χ3n) is 6.04. The van der Waals surface area contributed by atoms with Crippen LogP contribution in [0.5, 0.6) is 0 Å². The number of carbonyl (C=O) groups excluding carboxylic acids is 2. The van der Waals surface area contributed by atoms with E-state index in [2.05, 4.69) is 20.6 Å². The second kappa shape index (κ2) is 7.90. The molecule has 2 amide bonds. The predicted molar refractivity (Wildman–Crippen MR) is 117 cm³/mol. The first kappa shape index (κ1) is 19.3. The minimum atomic E-state index is -0.275. The van der Waals surface area contributed by atoms with Crippen molar-refractivity contribution in [2.75, 3.05) is 29.9 Å². The average Bonchev–Trinajstić information content (AvgIpc) is 3.40. The maximum absolute atomic E-state index is 12.7. The molecule has 0 radical (unpaired) electrons. The first-order valence-corrected chi connectivity index (χ1v) is 10.6. The van der Waals surface area contributed by atoms with E-state index in [0.29, 0.717) is 35.7 Å². The van der Waals surface area contributed by atoms with E-state index in [4.69, 9.17) is 0 Å². The van der Waals surface area contributed by atoms with Crippen LogP contribution in [0.4, 0.5) is 11.5 Å². The fourth-order valence-electron chi connectivity index (χ4n) is 4.48. The number of anilines is 2. The van der Waals surface area contributed by atoms with E-state index in [9.17, 15) is 14.4 Å². The van der Waals surface area contributed by atoms with Crippen LogP contribution in [0.2, 0.25) is 0 Å². The lowest BCUT2D eigenvalue weighted by atomic mass is 10.1. The molecule has 1 aliphatic carbocycles. The molecule has 160 valence electrons. The van der Waals surface area contributed by atoms with Gasteiger partial charge in [-0.15, -0.1) is 0 Å². The number of carbonyl (C=O) groups is 2. The van der Waals surface area contributed by atoms with Crippen LogP contribution in [0.1, 0.15) is 42.1 Å². The van der Waals surface area contributed by atoms with E-state index in [0.717, 1.165) is 31.2 Å². The number of aromatic nitrogens is 3. The van der Waals surface area contributed by atoms with Crippen molar-refractivity contribution in [1.82, 2.24) is 19.9 Å². The summed E-state index contributed by atoms with van der Waals surface area (Å²) >= 11 is 0. The highest BCUT2D eigenvalue weighted by Crippen LogP contribution is 2.30. The van der Waals surface area contributed by atoms with Gasteiger partial charge >= 0.3 is 5.69 Å². The van der Waals surface area contributed by atoms with Crippen molar-refractivity contribution in [3.8, 4) is 0 Å². The highest BCUT2D eigenvalue weighted by atomic mass is 16.2.